The van der Waals surface area contributed by atoms with Crippen LogP contribution in [0.3, 0.4) is 0 Å². The number of amides is 1. The quantitative estimate of drug-likeness (QED) is 0.751. The predicted molar refractivity (Wildman–Crippen MR) is 62.6 cm³/mol. The van der Waals surface area contributed by atoms with E-state index in [1.54, 1.807) is 0 Å². The van der Waals surface area contributed by atoms with Gasteiger partial charge in [-0.25, -0.2) is 0 Å². The molecule has 0 spiro atoms. The van der Waals surface area contributed by atoms with E-state index >= 15 is 0 Å². The summed E-state index contributed by atoms with van der Waals surface area (Å²) in [7, 11) is 0. The Morgan fingerprint density at radius 3 is 2.47 bits per heavy atom. The van der Waals surface area contributed by atoms with Crippen LogP contribution in [0.15, 0.2) is 0 Å². The summed E-state index contributed by atoms with van der Waals surface area (Å²) in [5.74, 6) is -0.281. The normalized spacial score (nSPS) is 26.1. The Hall–Kier alpha value is -1.10. The molecule has 5 nitrogen and oxygen atoms in total. The fourth-order valence-corrected chi connectivity index (χ4v) is 2.72. The number of likely N-dealkylation sites (tertiary alicyclic amines) is 1. The summed E-state index contributed by atoms with van der Waals surface area (Å²) in [5, 5.41) is 11.9. The fraction of sp³-hybridized carbons (Fsp3) is 0.833. The molecule has 17 heavy (non-hydrogen) atoms. The number of hydrogen-bond donors (Lipinski definition) is 2. The van der Waals surface area contributed by atoms with Crippen molar-refractivity contribution in [3.63, 3.8) is 0 Å². The number of nitrogens with one attached hydrogen (secondary N) is 1. The van der Waals surface area contributed by atoms with Crippen LogP contribution in [0.1, 0.15) is 32.1 Å². The van der Waals surface area contributed by atoms with Crippen molar-refractivity contribution >= 4 is 11.9 Å². The second-order valence-corrected chi connectivity index (χ2v) is 5.02. The number of aliphatic carboxylic acids is 1. The van der Waals surface area contributed by atoms with Gasteiger partial charge in [0.2, 0.25) is 5.91 Å². The third-order valence-corrected chi connectivity index (χ3v) is 3.75. The van der Waals surface area contributed by atoms with Crippen molar-refractivity contribution in [2.75, 3.05) is 19.6 Å². The number of hydrogen-bond acceptors (Lipinski definition) is 3. The lowest BCUT2D eigenvalue weighted by molar-refractivity contribution is -0.139. The van der Waals surface area contributed by atoms with Gasteiger partial charge >= 0.3 is 5.97 Å². The molecule has 5 heteroatoms. The molecular weight excluding hydrogens is 220 g/mol. The molecule has 0 aliphatic carbocycles. The van der Waals surface area contributed by atoms with Crippen LogP contribution in [0.25, 0.3) is 0 Å². The molecule has 0 aromatic heterocycles. The monoisotopic (exact) mass is 240 g/mol. The number of rotatable bonds is 3. The van der Waals surface area contributed by atoms with Crippen LogP contribution in [-0.4, -0.2) is 47.6 Å². The Morgan fingerprint density at radius 1 is 1.24 bits per heavy atom. The predicted octanol–water partition coefficient (Wildman–Crippen LogP) is 0.452. The minimum atomic E-state index is -0.729. The van der Waals surface area contributed by atoms with E-state index in [0.29, 0.717) is 0 Å². The summed E-state index contributed by atoms with van der Waals surface area (Å²) in [6.45, 7) is 2.37. The summed E-state index contributed by atoms with van der Waals surface area (Å²) < 4.78 is 0. The molecule has 0 bridgehead atoms. The van der Waals surface area contributed by atoms with Crippen molar-refractivity contribution in [3.05, 3.63) is 0 Å². The van der Waals surface area contributed by atoms with Gasteiger partial charge in [-0.3, -0.25) is 9.59 Å². The summed E-state index contributed by atoms with van der Waals surface area (Å²) >= 11 is 0. The van der Waals surface area contributed by atoms with Gasteiger partial charge in [0.1, 0.15) is 0 Å². The third kappa shape index (κ3) is 3.19. The van der Waals surface area contributed by atoms with Gasteiger partial charge < -0.3 is 15.3 Å². The van der Waals surface area contributed by atoms with E-state index in [1.165, 1.54) is 0 Å². The molecule has 2 aliphatic rings. The first kappa shape index (κ1) is 12.4. The summed E-state index contributed by atoms with van der Waals surface area (Å²) in [4.78, 5) is 24.6. The third-order valence-electron chi connectivity index (χ3n) is 3.75. The van der Waals surface area contributed by atoms with Gasteiger partial charge in [0.25, 0.3) is 0 Å². The number of carboxylic acid groups (broad SMARTS) is 1. The molecule has 1 amide bonds. The second kappa shape index (κ2) is 5.49. The molecule has 0 aromatic rings. The Morgan fingerprint density at radius 2 is 1.94 bits per heavy atom. The van der Waals surface area contributed by atoms with E-state index in [2.05, 4.69) is 5.32 Å². The maximum Gasteiger partial charge on any atom is 0.303 e. The maximum absolute atomic E-state index is 12.1. The van der Waals surface area contributed by atoms with E-state index in [1.807, 2.05) is 4.90 Å². The molecule has 2 fully saturated rings. The molecular formula is C12H20N2O3. The van der Waals surface area contributed by atoms with Crippen molar-refractivity contribution < 1.29 is 14.7 Å². The molecule has 2 aliphatic heterocycles. The van der Waals surface area contributed by atoms with E-state index < -0.39 is 5.97 Å². The van der Waals surface area contributed by atoms with Gasteiger partial charge in [-0.15, -0.1) is 0 Å². The number of nitrogens with zero attached hydrogens (tertiary/aromatic N) is 1. The number of carbonyl (C=O) groups excluding carboxylic acids is 1. The first-order chi connectivity index (χ1) is 8.16. The van der Waals surface area contributed by atoms with Crippen molar-refractivity contribution in [1.82, 2.24) is 10.2 Å². The van der Waals surface area contributed by atoms with Gasteiger partial charge in [0, 0.05) is 19.5 Å². The average molecular weight is 240 g/mol. The number of carboxylic acids is 1. The lowest BCUT2D eigenvalue weighted by Crippen LogP contribution is -2.47. The van der Waals surface area contributed by atoms with E-state index in [-0.39, 0.29) is 24.3 Å². The van der Waals surface area contributed by atoms with Gasteiger partial charge in [0.15, 0.2) is 0 Å². The van der Waals surface area contributed by atoms with Crippen LogP contribution in [0, 0.1) is 5.92 Å². The molecule has 0 aromatic carbocycles. The molecule has 1 atom stereocenters. The summed E-state index contributed by atoms with van der Waals surface area (Å²) in [6, 6.07) is 0.00558. The lowest BCUT2D eigenvalue weighted by atomic mass is 9.93. The van der Waals surface area contributed by atoms with Crippen molar-refractivity contribution in [3.8, 4) is 0 Å². The number of piperidine rings is 1. The molecule has 0 saturated carbocycles. The minimum Gasteiger partial charge on any atom is -0.481 e. The highest BCUT2D eigenvalue weighted by Gasteiger charge is 2.30. The van der Waals surface area contributed by atoms with E-state index in [9.17, 15) is 9.59 Å². The second-order valence-electron chi connectivity index (χ2n) is 5.02. The van der Waals surface area contributed by atoms with Gasteiger partial charge in [-0.05, 0) is 38.1 Å². The number of carbonyl (C=O) groups is 2. The van der Waals surface area contributed by atoms with E-state index in [4.69, 9.17) is 5.11 Å². The van der Waals surface area contributed by atoms with Gasteiger partial charge in [-0.2, -0.15) is 0 Å². The first-order valence-electron chi connectivity index (χ1n) is 6.41. The van der Waals surface area contributed by atoms with E-state index in [0.717, 1.165) is 45.3 Å². The zero-order valence-corrected chi connectivity index (χ0v) is 10.0. The largest absolute Gasteiger partial charge is 0.481 e. The smallest absolute Gasteiger partial charge is 0.303 e. The zero-order valence-electron chi connectivity index (χ0n) is 10.0. The first-order valence-corrected chi connectivity index (χ1v) is 6.41. The van der Waals surface area contributed by atoms with Crippen LogP contribution >= 0.6 is 0 Å². The summed E-state index contributed by atoms with van der Waals surface area (Å²) in [6.07, 6.45) is 3.90. The van der Waals surface area contributed by atoms with Crippen LogP contribution in [0.2, 0.25) is 0 Å². The molecule has 0 radical (unpaired) electrons. The van der Waals surface area contributed by atoms with Gasteiger partial charge in [0.05, 0.1) is 6.04 Å². The fourth-order valence-electron chi connectivity index (χ4n) is 2.72. The SMILES string of the molecule is O=C(O)CC1CCN(C(=O)[C@@H]2CCCN2)CC1. The van der Waals surface area contributed by atoms with Crippen molar-refractivity contribution in [1.29, 1.82) is 0 Å². The molecule has 96 valence electrons. The molecule has 2 rings (SSSR count). The lowest BCUT2D eigenvalue weighted by Gasteiger charge is -2.33. The van der Waals surface area contributed by atoms with Crippen LogP contribution in [0.4, 0.5) is 0 Å². The highest BCUT2D eigenvalue weighted by molar-refractivity contribution is 5.82. The molecule has 2 heterocycles. The standard InChI is InChI=1S/C12H20N2O3/c15-11(16)8-9-3-6-14(7-4-9)12(17)10-2-1-5-13-10/h9-10,13H,1-8H2,(H,15,16)/t10-/m0/s1. The summed E-state index contributed by atoms with van der Waals surface area (Å²) in [5.41, 5.74) is 0. The highest BCUT2D eigenvalue weighted by Crippen LogP contribution is 2.21. The minimum absolute atomic E-state index is 0.00558. The van der Waals surface area contributed by atoms with Crippen LogP contribution < -0.4 is 5.32 Å². The maximum atomic E-state index is 12.1. The highest BCUT2D eigenvalue weighted by atomic mass is 16.4. The molecule has 2 N–H and O–H groups in total. The van der Waals surface area contributed by atoms with Gasteiger partial charge in [-0.1, -0.05) is 0 Å². The van der Waals surface area contributed by atoms with Crippen LogP contribution in [-0.2, 0) is 9.59 Å². The zero-order chi connectivity index (χ0) is 12.3. The van der Waals surface area contributed by atoms with Crippen molar-refractivity contribution in [2.24, 2.45) is 5.92 Å². The Bertz CT molecular complexity index is 292. The average Bonchev–Trinajstić information content (AvgIpc) is 2.82. The molecule has 0 unspecified atom stereocenters. The molecule has 2 saturated heterocycles. The topological polar surface area (TPSA) is 69.6 Å². The van der Waals surface area contributed by atoms with Crippen LogP contribution in [0.5, 0.6) is 0 Å². The Labute approximate surface area is 101 Å². The van der Waals surface area contributed by atoms with Crippen molar-refractivity contribution in [2.45, 2.75) is 38.1 Å². The Balaban J connectivity index is 1.78. The Kier molecular flexibility index (Phi) is 3.99.